The minimum Gasteiger partial charge on any atom is -0.490 e. The van der Waals surface area contributed by atoms with Crippen molar-refractivity contribution in [3.63, 3.8) is 0 Å². The fourth-order valence-corrected chi connectivity index (χ4v) is 3.96. The van der Waals surface area contributed by atoms with Crippen LogP contribution in [-0.4, -0.2) is 12.6 Å². The van der Waals surface area contributed by atoms with Gasteiger partial charge in [-0.1, -0.05) is 65.0 Å². The van der Waals surface area contributed by atoms with Crippen molar-refractivity contribution >= 4 is 15.9 Å². The maximum atomic E-state index is 6.07. The molecule has 0 radical (unpaired) electrons. The van der Waals surface area contributed by atoms with Crippen molar-refractivity contribution in [1.29, 1.82) is 0 Å². The summed E-state index contributed by atoms with van der Waals surface area (Å²) in [5.41, 5.74) is 3.63. The third kappa shape index (κ3) is 5.98. The van der Waals surface area contributed by atoms with Gasteiger partial charge in [0.15, 0.2) is 11.5 Å². The van der Waals surface area contributed by atoms with Gasteiger partial charge in [0, 0.05) is 17.1 Å². The molecule has 0 amide bonds. The first-order chi connectivity index (χ1) is 13.2. The number of aryl methyl sites for hydroxylation is 1. The van der Waals surface area contributed by atoms with E-state index in [0.717, 1.165) is 28.1 Å². The standard InChI is InChI=1S/C23H30BrNO2/c1-3-26-22-13-19(15-25-20-7-5-4-6-8-20)21(24)14-23(22)27-16-18-11-9-17(2)10-12-18/h9-14,20,25H,3-8,15-16H2,1-2H3. The van der Waals surface area contributed by atoms with Gasteiger partial charge in [0.05, 0.1) is 6.61 Å². The monoisotopic (exact) mass is 431 g/mol. The van der Waals surface area contributed by atoms with E-state index >= 15 is 0 Å². The first-order valence-corrected chi connectivity index (χ1v) is 10.8. The second-order valence-electron chi connectivity index (χ2n) is 7.31. The fraction of sp³-hybridized carbons (Fsp3) is 0.478. The van der Waals surface area contributed by atoms with Gasteiger partial charge in [-0.3, -0.25) is 0 Å². The molecule has 4 heteroatoms. The summed E-state index contributed by atoms with van der Waals surface area (Å²) in [7, 11) is 0. The summed E-state index contributed by atoms with van der Waals surface area (Å²) in [6.07, 6.45) is 6.63. The van der Waals surface area contributed by atoms with E-state index in [2.05, 4.69) is 58.5 Å². The fourth-order valence-electron chi connectivity index (χ4n) is 3.50. The van der Waals surface area contributed by atoms with Gasteiger partial charge >= 0.3 is 0 Å². The Morgan fingerprint density at radius 2 is 1.70 bits per heavy atom. The molecule has 1 fully saturated rings. The third-order valence-corrected chi connectivity index (χ3v) is 5.85. The Labute approximate surface area is 171 Å². The number of rotatable bonds is 8. The zero-order valence-corrected chi connectivity index (χ0v) is 18.0. The van der Waals surface area contributed by atoms with Gasteiger partial charge in [0.2, 0.25) is 0 Å². The highest BCUT2D eigenvalue weighted by Gasteiger charge is 2.15. The molecule has 1 N–H and O–H groups in total. The summed E-state index contributed by atoms with van der Waals surface area (Å²) in [5.74, 6) is 1.60. The van der Waals surface area contributed by atoms with Gasteiger partial charge in [-0.05, 0) is 49.9 Å². The van der Waals surface area contributed by atoms with Crippen molar-refractivity contribution in [2.24, 2.45) is 0 Å². The van der Waals surface area contributed by atoms with Crippen molar-refractivity contribution < 1.29 is 9.47 Å². The number of nitrogens with one attached hydrogen (secondary N) is 1. The molecule has 1 aliphatic carbocycles. The molecule has 0 bridgehead atoms. The summed E-state index contributed by atoms with van der Waals surface area (Å²) in [5, 5.41) is 3.70. The Kier molecular flexibility index (Phi) is 7.59. The van der Waals surface area contributed by atoms with Crippen LogP contribution in [0.1, 0.15) is 55.7 Å². The average Bonchev–Trinajstić information content (AvgIpc) is 2.69. The number of hydrogen-bond acceptors (Lipinski definition) is 3. The molecular weight excluding hydrogens is 402 g/mol. The lowest BCUT2D eigenvalue weighted by Gasteiger charge is -2.23. The molecule has 0 heterocycles. The number of hydrogen-bond donors (Lipinski definition) is 1. The minimum absolute atomic E-state index is 0.534. The van der Waals surface area contributed by atoms with Crippen molar-refractivity contribution in [2.75, 3.05) is 6.61 Å². The van der Waals surface area contributed by atoms with Crippen LogP contribution in [0.2, 0.25) is 0 Å². The van der Waals surface area contributed by atoms with Crippen molar-refractivity contribution in [2.45, 2.75) is 65.1 Å². The maximum absolute atomic E-state index is 6.07. The smallest absolute Gasteiger partial charge is 0.162 e. The normalized spacial score (nSPS) is 14.9. The van der Waals surface area contributed by atoms with Crippen LogP contribution in [0.4, 0.5) is 0 Å². The Morgan fingerprint density at radius 1 is 1.00 bits per heavy atom. The highest BCUT2D eigenvalue weighted by atomic mass is 79.9. The van der Waals surface area contributed by atoms with Crippen LogP contribution >= 0.6 is 15.9 Å². The molecule has 3 nitrogen and oxygen atoms in total. The van der Waals surface area contributed by atoms with Gasteiger partial charge in [-0.2, -0.15) is 0 Å². The Hall–Kier alpha value is -1.52. The quantitative estimate of drug-likeness (QED) is 0.542. The number of halogens is 1. The van der Waals surface area contributed by atoms with Crippen LogP contribution in [0.5, 0.6) is 11.5 Å². The molecule has 0 atom stereocenters. The first kappa shape index (κ1) is 20.2. The second-order valence-corrected chi connectivity index (χ2v) is 8.17. The molecule has 3 rings (SSSR count). The van der Waals surface area contributed by atoms with E-state index < -0.39 is 0 Å². The lowest BCUT2D eigenvalue weighted by Crippen LogP contribution is -2.30. The van der Waals surface area contributed by atoms with Gasteiger partial charge in [-0.25, -0.2) is 0 Å². The molecule has 0 aliphatic heterocycles. The molecule has 0 aromatic heterocycles. The summed E-state index contributed by atoms with van der Waals surface area (Å²) < 4.78 is 13.0. The molecule has 0 unspecified atom stereocenters. The first-order valence-electron chi connectivity index (χ1n) is 10.0. The molecule has 1 saturated carbocycles. The summed E-state index contributed by atoms with van der Waals surface area (Å²) >= 11 is 3.72. The van der Waals surface area contributed by atoms with E-state index in [1.165, 1.54) is 43.2 Å². The van der Waals surface area contributed by atoms with Gasteiger partial charge < -0.3 is 14.8 Å². The molecule has 2 aromatic rings. The minimum atomic E-state index is 0.534. The topological polar surface area (TPSA) is 30.5 Å². The third-order valence-electron chi connectivity index (χ3n) is 5.11. The highest BCUT2D eigenvalue weighted by molar-refractivity contribution is 9.10. The summed E-state index contributed by atoms with van der Waals surface area (Å²) in [4.78, 5) is 0. The SMILES string of the molecule is CCOc1cc(CNC2CCCCC2)c(Br)cc1OCc1ccc(C)cc1. The van der Waals surface area contributed by atoms with Crippen molar-refractivity contribution in [1.82, 2.24) is 5.32 Å². The molecule has 2 aromatic carbocycles. The molecule has 0 saturated heterocycles. The lowest BCUT2D eigenvalue weighted by atomic mass is 9.95. The van der Waals surface area contributed by atoms with Crippen LogP contribution in [0.15, 0.2) is 40.9 Å². The maximum Gasteiger partial charge on any atom is 0.162 e. The zero-order chi connectivity index (χ0) is 19.1. The van der Waals surface area contributed by atoms with E-state index in [1.54, 1.807) is 0 Å². The van der Waals surface area contributed by atoms with E-state index in [-0.39, 0.29) is 0 Å². The van der Waals surface area contributed by atoms with E-state index in [9.17, 15) is 0 Å². The average molecular weight is 432 g/mol. The van der Waals surface area contributed by atoms with Gasteiger partial charge in [-0.15, -0.1) is 0 Å². The van der Waals surface area contributed by atoms with Crippen LogP contribution in [0.3, 0.4) is 0 Å². The van der Waals surface area contributed by atoms with Gasteiger partial charge in [0.1, 0.15) is 6.61 Å². The summed E-state index contributed by atoms with van der Waals surface area (Å²) in [6, 6.07) is 13.2. The van der Waals surface area contributed by atoms with Crippen LogP contribution in [-0.2, 0) is 13.2 Å². The Bertz CT molecular complexity index is 724. The largest absolute Gasteiger partial charge is 0.490 e. The molecular formula is C23H30BrNO2. The van der Waals surface area contributed by atoms with Crippen LogP contribution in [0, 0.1) is 6.92 Å². The molecule has 27 heavy (non-hydrogen) atoms. The highest BCUT2D eigenvalue weighted by Crippen LogP contribution is 2.34. The van der Waals surface area contributed by atoms with Crippen LogP contribution < -0.4 is 14.8 Å². The van der Waals surface area contributed by atoms with E-state index in [0.29, 0.717) is 19.3 Å². The van der Waals surface area contributed by atoms with Gasteiger partial charge in [0.25, 0.3) is 0 Å². The van der Waals surface area contributed by atoms with E-state index in [1.807, 2.05) is 13.0 Å². The Morgan fingerprint density at radius 3 is 2.41 bits per heavy atom. The summed E-state index contributed by atoms with van der Waals surface area (Å²) in [6.45, 7) is 6.11. The number of benzene rings is 2. The zero-order valence-electron chi connectivity index (χ0n) is 16.4. The second kappa shape index (κ2) is 10.1. The van der Waals surface area contributed by atoms with Crippen LogP contribution in [0.25, 0.3) is 0 Å². The Balaban J connectivity index is 1.67. The van der Waals surface area contributed by atoms with Crippen molar-refractivity contribution in [3.8, 4) is 11.5 Å². The van der Waals surface area contributed by atoms with Crippen molar-refractivity contribution in [3.05, 3.63) is 57.6 Å². The predicted molar refractivity (Wildman–Crippen MR) is 115 cm³/mol. The number of ether oxygens (including phenoxy) is 2. The lowest BCUT2D eigenvalue weighted by molar-refractivity contribution is 0.268. The van der Waals surface area contributed by atoms with E-state index in [4.69, 9.17) is 9.47 Å². The molecule has 146 valence electrons. The molecule has 0 spiro atoms. The molecule has 1 aliphatic rings. The predicted octanol–water partition coefficient (Wildman–Crippen LogP) is 6.16.